The molecule has 26 heavy (non-hydrogen) atoms. The van der Waals surface area contributed by atoms with Gasteiger partial charge in [0.2, 0.25) is 0 Å². The first kappa shape index (κ1) is 18.9. The minimum absolute atomic E-state index is 0.0208. The Labute approximate surface area is 165 Å². The Hall–Kier alpha value is -1.85. The van der Waals surface area contributed by atoms with Crippen molar-refractivity contribution < 1.29 is 9.53 Å². The summed E-state index contributed by atoms with van der Waals surface area (Å²) >= 11 is 11.8. The number of carbonyl (C=O) groups is 1. The fourth-order valence-corrected chi connectivity index (χ4v) is 4.04. The van der Waals surface area contributed by atoms with Crippen LogP contribution in [0.1, 0.15) is 37.7 Å². The van der Waals surface area contributed by atoms with Gasteiger partial charge in [-0.3, -0.25) is 9.69 Å². The van der Waals surface area contributed by atoms with E-state index in [2.05, 4.69) is 6.58 Å². The monoisotopic (exact) mass is 390 g/mol. The van der Waals surface area contributed by atoms with Crippen LogP contribution in [0, 0.1) is 0 Å². The van der Waals surface area contributed by atoms with Crippen molar-refractivity contribution >= 4 is 40.9 Å². The maximum Gasteiger partial charge on any atom is 0.277 e. The summed E-state index contributed by atoms with van der Waals surface area (Å²) in [7, 11) is 1.85. The van der Waals surface area contributed by atoms with Gasteiger partial charge in [0.1, 0.15) is 18.1 Å². The zero-order chi connectivity index (χ0) is 18.7. The number of halogens is 1. The SMILES string of the molecule is C=CCOc1ccc(/C=C2/C(=O)N(C3CCCCC3)C(=S)N2C)cc1Cl. The van der Waals surface area contributed by atoms with E-state index in [-0.39, 0.29) is 11.9 Å². The molecule has 0 N–H and O–H groups in total. The van der Waals surface area contributed by atoms with Crippen LogP contribution in [-0.2, 0) is 4.79 Å². The lowest BCUT2D eigenvalue weighted by Gasteiger charge is -2.30. The van der Waals surface area contributed by atoms with Crippen LogP contribution in [0.2, 0.25) is 5.02 Å². The number of hydrogen-bond acceptors (Lipinski definition) is 3. The van der Waals surface area contributed by atoms with Crippen LogP contribution in [0.15, 0.2) is 36.6 Å². The molecule has 1 heterocycles. The fourth-order valence-electron chi connectivity index (χ4n) is 3.47. The van der Waals surface area contributed by atoms with Crippen molar-refractivity contribution in [3.8, 4) is 5.75 Å². The average Bonchev–Trinajstić information content (AvgIpc) is 2.85. The molecule has 4 nitrogen and oxygen atoms in total. The standard InChI is InChI=1S/C20H23ClN2O2S/c1-3-11-25-18-10-9-14(12-16(18)21)13-17-19(24)23(20(26)22(17)2)15-7-5-4-6-8-15/h3,9-10,12-13,15H,1,4-8,11H2,2H3/b17-13-. The summed E-state index contributed by atoms with van der Waals surface area (Å²) in [5.41, 5.74) is 1.42. The predicted molar refractivity (Wildman–Crippen MR) is 109 cm³/mol. The van der Waals surface area contributed by atoms with E-state index in [0.717, 1.165) is 31.2 Å². The van der Waals surface area contributed by atoms with E-state index >= 15 is 0 Å². The number of thiocarbonyl (C=S) groups is 1. The molecule has 1 aliphatic heterocycles. The van der Waals surface area contributed by atoms with E-state index < -0.39 is 0 Å². The second-order valence-electron chi connectivity index (χ2n) is 6.63. The van der Waals surface area contributed by atoms with Crippen molar-refractivity contribution in [3.05, 3.63) is 47.1 Å². The van der Waals surface area contributed by atoms with Crippen LogP contribution < -0.4 is 4.74 Å². The lowest BCUT2D eigenvalue weighted by molar-refractivity contribution is -0.124. The van der Waals surface area contributed by atoms with Gasteiger partial charge in [-0.15, -0.1) is 0 Å². The highest BCUT2D eigenvalue weighted by molar-refractivity contribution is 7.80. The maximum absolute atomic E-state index is 13.0. The Balaban J connectivity index is 1.83. The molecule has 0 bridgehead atoms. The third-order valence-electron chi connectivity index (χ3n) is 4.85. The lowest BCUT2D eigenvalue weighted by Crippen LogP contribution is -2.41. The van der Waals surface area contributed by atoms with Gasteiger partial charge >= 0.3 is 0 Å². The summed E-state index contributed by atoms with van der Waals surface area (Å²) in [6, 6.07) is 5.69. The molecule has 1 aliphatic carbocycles. The summed E-state index contributed by atoms with van der Waals surface area (Å²) in [6.07, 6.45) is 9.09. The lowest BCUT2D eigenvalue weighted by atomic mass is 9.94. The number of amides is 1. The van der Waals surface area contributed by atoms with Crippen LogP contribution in [0.25, 0.3) is 6.08 Å². The van der Waals surface area contributed by atoms with Crippen molar-refractivity contribution in [1.29, 1.82) is 0 Å². The summed E-state index contributed by atoms with van der Waals surface area (Å²) in [5, 5.41) is 1.09. The molecule has 0 atom stereocenters. The van der Waals surface area contributed by atoms with Crippen molar-refractivity contribution in [2.45, 2.75) is 38.1 Å². The molecule has 2 aliphatic rings. The van der Waals surface area contributed by atoms with Crippen LogP contribution in [0.3, 0.4) is 0 Å². The molecule has 2 fully saturated rings. The number of carbonyl (C=O) groups excluding carboxylic acids is 1. The highest BCUT2D eigenvalue weighted by atomic mass is 35.5. The zero-order valence-corrected chi connectivity index (χ0v) is 16.5. The topological polar surface area (TPSA) is 32.8 Å². The summed E-state index contributed by atoms with van der Waals surface area (Å²) in [4.78, 5) is 16.6. The minimum atomic E-state index is -0.0208. The molecule has 0 spiro atoms. The van der Waals surface area contributed by atoms with Crippen LogP contribution in [0.5, 0.6) is 5.75 Å². The van der Waals surface area contributed by atoms with Gasteiger partial charge in [-0.2, -0.15) is 0 Å². The molecule has 0 aromatic heterocycles. The van der Waals surface area contributed by atoms with Crippen LogP contribution in [0.4, 0.5) is 0 Å². The van der Waals surface area contributed by atoms with Gasteiger partial charge in [0, 0.05) is 13.1 Å². The van der Waals surface area contributed by atoms with Crippen molar-refractivity contribution in [1.82, 2.24) is 9.80 Å². The van der Waals surface area contributed by atoms with E-state index in [0.29, 0.717) is 28.2 Å². The van der Waals surface area contributed by atoms with Gasteiger partial charge in [0.25, 0.3) is 5.91 Å². The Morgan fingerprint density at radius 1 is 1.35 bits per heavy atom. The third kappa shape index (κ3) is 3.79. The molecule has 6 heteroatoms. The summed E-state index contributed by atoms with van der Waals surface area (Å²) in [5.74, 6) is 0.576. The molecule has 1 amide bonds. The van der Waals surface area contributed by atoms with E-state index in [1.165, 1.54) is 6.42 Å². The number of hydrogen-bond donors (Lipinski definition) is 0. The fraction of sp³-hybridized carbons (Fsp3) is 0.400. The Bertz CT molecular complexity index is 756. The molecule has 0 radical (unpaired) electrons. The van der Waals surface area contributed by atoms with E-state index in [4.69, 9.17) is 28.6 Å². The number of likely N-dealkylation sites (N-methyl/N-ethyl adjacent to an activating group) is 1. The normalized spacial score (nSPS) is 20.2. The van der Waals surface area contributed by atoms with Gasteiger partial charge in [-0.05, 0) is 48.8 Å². The Morgan fingerprint density at radius 3 is 2.73 bits per heavy atom. The number of ether oxygens (including phenoxy) is 1. The van der Waals surface area contributed by atoms with Crippen LogP contribution >= 0.6 is 23.8 Å². The van der Waals surface area contributed by atoms with Crippen molar-refractivity contribution in [2.24, 2.45) is 0 Å². The third-order valence-corrected chi connectivity index (χ3v) is 5.61. The second kappa shape index (κ2) is 8.23. The zero-order valence-electron chi connectivity index (χ0n) is 14.9. The molecular weight excluding hydrogens is 368 g/mol. The maximum atomic E-state index is 13.0. The largest absolute Gasteiger partial charge is 0.488 e. The van der Waals surface area contributed by atoms with Crippen LogP contribution in [-0.4, -0.2) is 40.5 Å². The molecule has 1 aromatic rings. The molecule has 1 saturated carbocycles. The van der Waals surface area contributed by atoms with Gasteiger partial charge in [0.05, 0.1) is 5.02 Å². The molecule has 3 rings (SSSR count). The van der Waals surface area contributed by atoms with Gasteiger partial charge < -0.3 is 9.64 Å². The van der Waals surface area contributed by atoms with Gasteiger partial charge in [0.15, 0.2) is 5.11 Å². The van der Waals surface area contributed by atoms with E-state index in [1.54, 1.807) is 28.0 Å². The van der Waals surface area contributed by atoms with Gasteiger partial charge in [-0.1, -0.05) is 49.6 Å². The summed E-state index contributed by atoms with van der Waals surface area (Å²) in [6.45, 7) is 4.02. The predicted octanol–water partition coefficient (Wildman–Crippen LogP) is 4.64. The van der Waals surface area contributed by atoms with E-state index in [1.807, 2.05) is 19.2 Å². The number of nitrogens with zero attached hydrogens (tertiary/aromatic N) is 2. The summed E-state index contributed by atoms with van der Waals surface area (Å²) < 4.78 is 5.49. The second-order valence-corrected chi connectivity index (χ2v) is 7.40. The molecule has 0 unspecified atom stereocenters. The molecule has 1 aromatic carbocycles. The van der Waals surface area contributed by atoms with Crippen molar-refractivity contribution in [2.75, 3.05) is 13.7 Å². The first-order valence-electron chi connectivity index (χ1n) is 8.89. The van der Waals surface area contributed by atoms with Crippen molar-refractivity contribution in [3.63, 3.8) is 0 Å². The first-order chi connectivity index (χ1) is 12.5. The number of rotatable bonds is 5. The smallest absolute Gasteiger partial charge is 0.277 e. The van der Waals surface area contributed by atoms with E-state index in [9.17, 15) is 4.79 Å². The molecular formula is C20H23ClN2O2S. The average molecular weight is 391 g/mol. The molecule has 1 saturated heterocycles. The highest BCUT2D eigenvalue weighted by Crippen LogP contribution is 2.32. The molecule has 138 valence electrons. The first-order valence-corrected chi connectivity index (χ1v) is 9.67. The Morgan fingerprint density at radius 2 is 2.08 bits per heavy atom. The Kier molecular flexibility index (Phi) is 5.99. The quantitative estimate of drug-likeness (QED) is 0.416. The highest BCUT2D eigenvalue weighted by Gasteiger charge is 2.40. The number of benzene rings is 1. The van der Waals surface area contributed by atoms with Gasteiger partial charge in [-0.25, -0.2) is 0 Å². The minimum Gasteiger partial charge on any atom is -0.488 e.